The Morgan fingerprint density at radius 2 is 1.76 bits per heavy atom. The van der Waals surface area contributed by atoms with Crippen molar-refractivity contribution in [1.29, 1.82) is 0 Å². The summed E-state index contributed by atoms with van der Waals surface area (Å²) in [6.07, 6.45) is 3.84. The van der Waals surface area contributed by atoms with E-state index in [-0.39, 0.29) is 18.6 Å². The van der Waals surface area contributed by atoms with Crippen molar-refractivity contribution in [1.82, 2.24) is 0 Å². The molecule has 6 heteroatoms. The Morgan fingerprint density at radius 1 is 1.04 bits per heavy atom. The summed E-state index contributed by atoms with van der Waals surface area (Å²) in [5, 5.41) is 0. The molecule has 0 amide bonds. The second kappa shape index (κ2) is 13.6. The molecule has 0 heterocycles. The molecule has 0 aliphatic carbocycles. The number of hydrogen-bond donors (Lipinski definition) is 1. The van der Waals surface area contributed by atoms with Gasteiger partial charge in [0.25, 0.3) is 0 Å². The minimum atomic E-state index is -0.354. The molecular weight excluding hydrogens is 322 g/mol. The third kappa shape index (κ3) is 10.8. The van der Waals surface area contributed by atoms with Crippen molar-refractivity contribution in [2.75, 3.05) is 40.1 Å². The Bertz CT molecular complexity index is 479. The molecule has 25 heavy (non-hydrogen) atoms. The van der Waals surface area contributed by atoms with E-state index in [2.05, 4.69) is 4.74 Å². The highest BCUT2D eigenvalue weighted by Gasteiger charge is 2.01. The van der Waals surface area contributed by atoms with Crippen LogP contribution in [-0.2, 0) is 19.0 Å². The highest BCUT2D eigenvalue weighted by Crippen LogP contribution is 2.17. The van der Waals surface area contributed by atoms with E-state index in [9.17, 15) is 4.79 Å². The monoisotopic (exact) mass is 353 g/mol. The summed E-state index contributed by atoms with van der Waals surface area (Å²) in [5.41, 5.74) is 6.95. The van der Waals surface area contributed by atoms with Gasteiger partial charge in [-0.3, -0.25) is 0 Å². The average molecular weight is 353 g/mol. The van der Waals surface area contributed by atoms with E-state index >= 15 is 0 Å². The molecule has 142 valence electrons. The zero-order chi connectivity index (χ0) is 18.3. The standard InChI is InChI=1S/C19H31NO5/c1-16(20)17-8-6-9-18(14-17)25-13-5-3-4-10-23-11-7-12-24-15-19(21)22-2/h6,8-9,14,16H,3-5,7,10-13,15,20H2,1-2H3/t16-/m1/s1. The summed E-state index contributed by atoms with van der Waals surface area (Å²) in [6.45, 7) is 4.54. The van der Waals surface area contributed by atoms with Crippen molar-refractivity contribution in [2.24, 2.45) is 5.73 Å². The van der Waals surface area contributed by atoms with E-state index in [4.69, 9.17) is 19.9 Å². The van der Waals surface area contributed by atoms with E-state index in [1.807, 2.05) is 31.2 Å². The minimum Gasteiger partial charge on any atom is -0.494 e. The Hall–Kier alpha value is -1.63. The van der Waals surface area contributed by atoms with Crippen molar-refractivity contribution in [2.45, 2.75) is 38.6 Å². The molecule has 0 aliphatic heterocycles. The largest absolute Gasteiger partial charge is 0.494 e. The molecule has 6 nitrogen and oxygen atoms in total. The molecule has 0 saturated carbocycles. The summed E-state index contributed by atoms with van der Waals surface area (Å²) < 4.78 is 20.9. The normalized spacial score (nSPS) is 12.0. The maximum atomic E-state index is 10.8. The van der Waals surface area contributed by atoms with Gasteiger partial charge in [0.05, 0.1) is 13.7 Å². The van der Waals surface area contributed by atoms with Crippen LogP contribution in [0.5, 0.6) is 5.75 Å². The maximum absolute atomic E-state index is 10.8. The van der Waals surface area contributed by atoms with Gasteiger partial charge in [-0.1, -0.05) is 12.1 Å². The fourth-order valence-electron chi connectivity index (χ4n) is 2.14. The average Bonchev–Trinajstić information content (AvgIpc) is 2.62. The van der Waals surface area contributed by atoms with Crippen LogP contribution in [0.1, 0.15) is 44.2 Å². The lowest BCUT2D eigenvalue weighted by molar-refractivity contribution is -0.146. The van der Waals surface area contributed by atoms with E-state index in [0.29, 0.717) is 19.8 Å². The van der Waals surface area contributed by atoms with Crippen LogP contribution >= 0.6 is 0 Å². The van der Waals surface area contributed by atoms with E-state index in [0.717, 1.165) is 43.6 Å². The lowest BCUT2D eigenvalue weighted by Gasteiger charge is -2.10. The predicted molar refractivity (Wildman–Crippen MR) is 96.7 cm³/mol. The van der Waals surface area contributed by atoms with Crippen molar-refractivity contribution >= 4 is 5.97 Å². The van der Waals surface area contributed by atoms with Gasteiger partial charge in [-0.15, -0.1) is 0 Å². The Morgan fingerprint density at radius 3 is 2.52 bits per heavy atom. The number of rotatable bonds is 14. The summed E-state index contributed by atoms with van der Waals surface area (Å²) >= 11 is 0. The molecule has 1 rings (SSSR count). The Balaban J connectivity index is 1.91. The van der Waals surface area contributed by atoms with Crippen molar-refractivity contribution in [3.8, 4) is 5.75 Å². The van der Waals surface area contributed by atoms with Crippen LogP contribution < -0.4 is 10.5 Å². The van der Waals surface area contributed by atoms with E-state index in [1.165, 1.54) is 7.11 Å². The molecule has 0 spiro atoms. The molecule has 2 N–H and O–H groups in total. The van der Waals surface area contributed by atoms with Gasteiger partial charge >= 0.3 is 5.97 Å². The number of hydrogen-bond acceptors (Lipinski definition) is 6. The number of unbranched alkanes of at least 4 members (excludes halogenated alkanes) is 2. The quantitative estimate of drug-likeness (QED) is 0.409. The van der Waals surface area contributed by atoms with Crippen LogP contribution in [-0.4, -0.2) is 46.1 Å². The number of carbonyl (C=O) groups is 1. The molecule has 0 saturated heterocycles. The lowest BCUT2D eigenvalue weighted by Crippen LogP contribution is -2.11. The predicted octanol–water partition coefficient (Wildman–Crippen LogP) is 2.85. The molecule has 0 bridgehead atoms. The topological polar surface area (TPSA) is 80.0 Å². The first-order valence-electron chi connectivity index (χ1n) is 8.84. The van der Waals surface area contributed by atoms with Gasteiger partial charge in [-0.25, -0.2) is 4.79 Å². The summed E-state index contributed by atoms with van der Waals surface area (Å²) in [6, 6.07) is 7.95. The zero-order valence-corrected chi connectivity index (χ0v) is 15.4. The first-order chi connectivity index (χ1) is 12.1. The van der Waals surface area contributed by atoms with Crippen LogP contribution in [0.15, 0.2) is 24.3 Å². The number of benzene rings is 1. The summed E-state index contributed by atoms with van der Waals surface area (Å²) in [4.78, 5) is 10.8. The molecule has 1 aromatic carbocycles. The molecule has 1 atom stereocenters. The van der Waals surface area contributed by atoms with Crippen LogP contribution in [0.4, 0.5) is 0 Å². The summed E-state index contributed by atoms with van der Waals surface area (Å²) in [7, 11) is 1.34. The fourth-order valence-corrected chi connectivity index (χ4v) is 2.14. The van der Waals surface area contributed by atoms with Crippen molar-refractivity contribution < 1.29 is 23.7 Å². The van der Waals surface area contributed by atoms with Gasteiger partial charge in [0, 0.05) is 25.9 Å². The van der Waals surface area contributed by atoms with Gasteiger partial charge in [0.15, 0.2) is 0 Å². The first-order valence-corrected chi connectivity index (χ1v) is 8.84. The highest BCUT2D eigenvalue weighted by molar-refractivity contribution is 5.70. The second-order valence-electron chi connectivity index (χ2n) is 5.86. The molecule has 1 aromatic rings. The molecular formula is C19H31NO5. The maximum Gasteiger partial charge on any atom is 0.331 e. The lowest BCUT2D eigenvalue weighted by atomic mass is 10.1. The number of carbonyl (C=O) groups excluding carboxylic acids is 1. The fraction of sp³-hybridized carbons (Fsp3) is 0.632. The third-order valence-electron chi connectivity index (χ3n) is 3.61. The minimum absolute atomic E-state index is 0.00357. The van der Waals surface area contributed by atoms with Crippen molar-refractivity contribution in [3.05, 3.63) is 29.8 Å². The van der Waals surface area contributed by atoms with Gasteiger partial charge in [0.2, 0.25) is 0 Å². The van der Waals surface area contributed by atoms with Gasteiger partial charge in [-0.05, 0) is 50.3 Å². The number of nitrogens with two attached hydrogens (primary N) is 1. The number of esters is 1. The zero-order valence-electron chi connectivity index (χ0n) is 15.4. The van der Waals surface area contributed by atoms with Gasteiger partial charge < -0.3 is 24.7 Å². The summed E-state index contributed by atoms with van der Waals surface area (Å²) in [5.74, 6) is 0.519. The molecule has 0 aliphatic rings. The van der Waals surface area contributed by atoms with Crippen LogP contribution in [0.3, 0.4) is 0 Å². The van der Waals surface area contributed by atoms with E-state index < -0.39 is 0 Å². The number of methoxy groups -OCH3 is 1. The number of ether oxygens (including phenoxy) is 4. The second-order valence-corrected chi connectivity index (χ2v) is 5.86. The van der Waals surface area contributed by atoms with Crippen LogP contribution in [0.25, 0.3) is 0 Å². The smallest absolute Gasteiger partial charge is 0.331 e. The molecule has 0 aromatic heterocycles. The molecule has 0 fully saturated rings. The first kappa shape index (κ1) is 21.4. The Kier molecular flexibility index (Phi) is 11.7. The molecule has 0 unspecified atom stereocenters. The highest BCUT2D eigenvalue weighted by atomic mass is 16.6. The van der Waals surface area contributed by atoms with E-state index in [1.54, 1.807) is 0 Å². The molecule has 0 radical (unpaired) electrons. The Labute approximate surface area is 150 Å². The van der Waals surface area contributed by atoms with Crippen molar-refractivity contribution in [3.63, 3.8) is 0 Å². The SMILES string of the molecule is COC(=O)COCCCOCCCCCOc1cccc([C@@H](C)N)c1. The third-order valence-corrected chi connectivity index (χ3v) is 3.61. The van der Waals surface area contributed by atoms with Crippen LogP contribution in [0, 0.1) is 0 Å². The van der Waals surface area contributed by atoms with Crippen LogP contribution in [0.2, 0.25) is 0 Å². The van der Waals surface area contributed by atoms with Gasteiger partial charge in [0.1, 0.15) is 12.4 Å². The van der Waals surface area contributed by atoms with Gasteiger partial charge in [-0.2, -0.15) is 0 Å².